The molecule has 1 aliphatic heterocycles. The second-order valence-electron chi connectivity index (χ2n) is 8.59. The molecule has 2 heterocycles. The maximum atomic E-state index is 12.4. The molecule has 2 aromatic carbocycles. The quantitative estimate of drug-likeness (QED) is 0.462. The summed E-state index contributed by atoms with van der Waals surface area (Å²) < 4.78 is 5.56. The Morgan fingerprint density at radius 3 is 2.83 bits per heavy atom. The number of nitriles is 1. The zero-order valence-corrected chi connectivity index (χ0v) is 19.9. The molecule has 4 rings (SSSR count). The smallest absolute Gasteiger partial charge is 0.246 e. The first-order valence-electron chi connectivity index (χ1n) is 11.9. The predicted octanol–water partition coefficient (Wildman–Crippen LogP) is 3.96. The van der Waals surface area contributed by atoms with Gasteiger partial charge in [0.2, 0.25) is 11.9 Å². The molecule has 0 radical (unpaired) electrons. The van der Waals surface area contributed by atoms with Gasteiger partial charge >= 0.3 is 0 Å². The lowest BCUT2D eigenvalue weighted by molar-refractivity contribution is -0.126. The second-order valence-corrected chi connectivity index (χ2v) is 8.59. The number of hydrogen-bond acceptors (Lipinski definition) is 7. The number of anilines is 3. The Hall–Kier alpha value is -3.96. The van der Waals surface area contributed by atoms with Gasteiger partial charge in [0, 0.05) is 36.6 Å². The number of aromatic nitrogens is 2. The first-order chi connectivity index (χ1) is 17.1. The molecule has 1 amide bonds. The van der Waals surface area contributed by atoms with Crippen molar-refractivity contribution in [2.75, 3.05) is 29.9 Å². The second kappa shape index (κ2) is 12.0. The molecule has 8 heteroatoms. The van der Waals surface area contributed by atoms with Crippen LogP contribution in [0.4, 0.5) is 17.5 Å². The monoisotopic (exact) mass is 470 g/mol. The van der Waals surface area contributed by atoms with Crippen molar-refractivity contribution >= 4 is 23.4 Å². The van der Waals surface area contributed by atoms with Crippen molar-refractivity contribution < 1.29 is 9.53 Å². The molecular formula is C27H30N6O2. The van der Waals surface area contributed by atoms with E-state index in [0.29, 0.717) is 24.7 Å². The number of carbonyl (C=O) groups is 1. The van der Waals surface area contributed by atoms with Crippen LogP contribution in [0.2, 0.25) is 0 Å². The normalized spacial score (nSPS) is 15.0. The molecule has 180 valence electrons. The molecule has 1 unspecified atom stereocenters. The summed E-state index contributed by atoms with van der Waals surface area (Å²) in [6.45, 7) is 4.04. The zero-order chi connectivity index (χ0) is 24.5. The molecule has 35 heavy (non-hydrogen) atoms. The Morgan fingerprint density at radius 1 is 1.17 bits per heavy atom. The molecule has 0 saturated carbocycles. The van der Waals surface area contributed by atoms with Crippen molar-refractivity contribution in [2.24, 2.45) is 0 Å². The van der Waals surface area contributed by atoms with Crippen LogP contribution in [0.3, 0.4) is 0 Å². The third-order valence-electron chi connectivity index (χ3n) is 5.74. The standard InChI is InChI=1S/C27H30N6O2/c1-2-7-22-15-25(32-27(30-22)31-23-11-6-10-21(14-23)16-28)33-13-12-24(17-33)29-26(34)19-35-18-20-8-4-3-5-9-20/h3-6,8-11,14-15,24H,2,7,12-13,17-19H2,1H3,(H,29,34)(H,30,31,32). The number of nitrogens with zero attached hydrogens (tertiary/aromatic N) is 4. The number of amides is 1. The molecule has 2 N–H and O–H groups in total. The lowest BCUT2D eigenvalue weighted by Gasteiger charge is -2.20. The van der Waals surface area contributed by atoms with Crippen LogP contribution in [-0.4, -0.2) is 41.6 Å². The summed E-state index contributed by atoms with van der Waals surface area (Å²) in [7, 11) is 0. The van der Waals surface area contributed by atoms with E-state index in [1.165, 1.54) is 0 Å². The fourth-order valence-electron chi connectivity index (χ4n) is 4.07. The van der Waals surface area contributed by atoms with Gasteiger partial charge in [-0.2, -0.15) is 10.2 Å². The van der Waals surface area contributed by atoms with E-state index in [9.17, 15) is 4.79 Å². The van der Waals surface area contributed by atoms with Crippen molar-refractivity contribution in [3.63, 3.8) is 0 Å². The SMILES string of the molecule is CCCc1cc(N2CCC(NC(=O)COCc3ccccc3)C2)nc(Nc2cccc(C#N)c2)n1. The van der Waals surface area contributed by atoms with Gasteiger partial charge in [-0.15, -0.1) is 0 Å². The van der Waals surface area contributed by atoms with Crippen LogP contribution in [-0.2, 0) is 22.6 Å². The average Bonchev–Trinajstić information content (AvgIpc) is 3.33. The van der Waals surface area contributed by atoms with E-state index in [2.05, 4.69) is 33.5 Å². The fourth-order valence-corrected chi connectivity index (χ4v) is 4.07. The van der Waals surface area contributed by atoms with Gasteiger partial charge in [0.1, 0.15) is 12.4 Å². The molecule has 1 atom stereocenters. The van der Waals surface area contributed by atoms with Crippen molar-refractivity contribution in [3.05, 3.63) is 77.5 Å². The number of rotatable bonds is 10. The van der Waals surface area contributed by atoms with Gasteiger partial charge in [-0.05, 0) is 36.6 Å². The van der Waals surface area contributed by atoms with Crippen molar-refractivity contribution in [3.8, 4) is 6.07 Å². The van der Waals surface area contributed by atoms with E-state index in [0.717, 1.165) is 48.6 Å². The number of ether oxygens (including phenoxy) is 1. The minimum atomic E-state index is -0.109. The van der Waals surface area contributed by atoms with Crippen LogP contribution >= 0.6 is 0 Å². The summed E-state index contributed by atoms with van der Waals surface area (Å²) in [5.41, 5.74) is 3.34. The average molecular weight is 471 g/mol. The van der Waals surface area contributed by atoms with Gasteiger partial charge in [-0.25, -0.2) is 4.98 Å². The van der Waals surface area contributed by atoms with Crippen LogP contribution in [0, 0.1) is 11.3 Å². The highest BCUT2D eigenvalue weighted by atomic mass is 16.5. The number of nitrogens with one attached hydrogen (secondary N) is 2. The zero-order valence-electron chi connectivity index (χ0n) is 19.9. The van der Waals surface area contributed by atoms with Crippen LogP contribution in [0.15, 0.2) is 60.7 Å². The van der Waals surface area contributed by atoms with E-state index in [4.69, 9.17) is 15.0 Å². The van der Waals surface area contributed by atoms with Gasteiger partial charge in [0.05, 0.1) is 18.2 Å². The van der Waals surface area contributed by atoms with Crippen LogP contribution < -0.4 is 15.5 Å². The van der Waals surface area contributed by atoms with Crippen LogP contribution in [0.1, 0.15) is 36.6 Å². The van der Waals surface area contributed by atoms with Crippen LogP contribution in [0.25, 0.3) is 0 Å². The van der Waals surface area contributed by atoms with E-state index >= 15 is 0 Å². The van der Waals surface area contributed by atoms with Gasteiger partial charge in [-0.3, -0.25) is 4.79 Å². The van der Waals surface area contributed by atoms with E-state index < -0.39 is 0 Å². The Kier molecular flexibility index (Phi) is 8.25. The molecule has 8 nitrogen and oxygen atoms in total. The van der Waals surface area contributed by atoms with Gasteiger partial charge in [-0.1, -0.05) is 49.7 Å². The Balaban J connectivity index is 1.35. The first kappa shape index (κ1) is 24.2. The number of carbonyl (C=O) groups excluding carboxylic acids is 1. The van der Waals surface area contributed by atoms with Crippen molar-refractivity contribution in [1.29, 1.82) is 5.26 Å². The highest BCUT2D eigenvalue weighted by Gasteiger charge is 2.25. The largest absolute Gasteiger partial charge is 0.367 e. The lowest BCUT2D eigenvalue weighted by Crippen LogP contribution is -2.39. The lowest BCUT2D eigenvalue weighted by atomic mass is 10.2. The molecule has 1 fully saturated rings. The molecule has 1 aromatic heterocycles. The summed E-state index contributed by atoms with van der Waals surface area (Å²) in [5.74, 6) is 1.23. The maximum Gasteiger partial charge on any atom is 0.246 e. The van der Waals surface area contributed by atoms with Gasteiger partial charge in [0.25, 0.3) is 0 Å². The number of aryl methyl sites for hydroxylation is 1. The third-order valence-corrected chi connectivity index (χ3v) is 5.74. The highest BCUT2D eigenvalue weighted by molar-refractivity contribution is 5.77. The summed E-state index contributed by atoms with van der Waals surface area (Å²) >= 11 is 0. The van der Waals surface area contributed by atoms with E-state index in [1.807, 2.05) is 48.5 Å². The Labute approximate surface area is 206 Å². The molecule has 0 bridgehead atoms. The molecule has 1 aliphatic rings. The Morgan fingerprint density at radius 2 is 2.03 bits per heavy atom. The predicted molar refractivity (Wildman–Crippen MR) is 135 cm³/mol. The topological polar surface area (TPSA) is 103 Å². The first-order valence-corrected chi connectivity index (χ1v) is 11.9. The van der Waals surface area contributed by atoms with Crippen molar-refractivity contribution in [1.82, 2.24) is 15.3 Å². The summed E-state index contributed by atoms with van der Waals surface area (Å²) in [4.78, 5) is 23.9. The van der Waals surface area contributed by atoms with Gasteiger partial charge in [0.15, 0.2) is 0 Å². The highest BCUT2D eigenvalue weighted by Crippen LogP contribution is 2.23. The molecule has 0 spiro atoms. The van der Waals surface area contributed by atoms with Crippen LogP contribution in [0.5, 0.6) is 0 Å². The van der Waals surface area contributed by atoms with Crippen molar-refractivity contribution in [2.45, 2.75) is 38.8 Å². The molecule has 1 saturated heterocycles. The van der Waals surface area contributed by atoms with Gasteiger partial charge < -0.3 is 20.3 Å². The minimum Gasteiger partial charge on any atom is -0.367 e. The minimum absolute atomic E-state index is 0.0371. The maximum absolute atomic E-state index is 12.4. The molecular weight excluding hydrogens is 440 g/mol. The summed E-state index contributed by atoms with van der Waals surface area (Å²) in [5, 5.41) is 15.5. The molecule has 0 aliphatic carbocycles. The third kappa shape index (κ3) is 7.01. The number of benzene rings is 2. The summed E-state index contributed by atoms with van der Waals surface area (Å²) in [6, 6.07) is 21.3. The van der Waals surface area contributed by atoms with E-state index in [-0.39, 0.29) is 18.6 Å². The van der Waals surface area contributed by atoms with E-state index in [1.54, 1.807) is 12.1 Å². The Bertz CT molecular complexity index is 1180. The summed E-state index contributed by atoms with van der Waals surface area (Å²) in [6.07, 6.45) is 2.65. The number of hydrogen-bond donors (Lipinski definition) is 2. The fraction of sp³-hybridized carbons (Fsp3) is 0.333. The molecule has 3 aromatic rings.